The van der Waals surface area contributed by atoms with E-state index in [1.54, 1.807) is 18.3 Å². The van der Waals surface area contributed by atoms with E-state index in [0.29, 0.717) is 17.3 Å². The minimum Gasteiger partial charge on any atom is -0.309 e. The Kier molecular flexibility index (Phi) is 7.42. The van der Waals surface area contributed by atoms with Crippen LogP contribution in [0.2, 0.25) is 5.02 Å². The van der Waals surface area contributed by atoms with Crippen molar-refractivity contribution in [3.8, 4) is 0 Å². The van der Waals surface area contributed by atoms with Gasteiger partial charge in [0, 0.05) is 12.6 Å². The van der Waals surface area contributed by atoms with Gasteiger partial charge in [-0.1, -0.05) is 50.6 Å². The Bertz CT molecular complexity index is 369. The highest BCUT2D eigenvalue weighted by Gasteiger charge is 2.05. The van der Waals surface area contributed by atoms with Crippen LogP contribution in [0.1, 0.15) is 51.9 Å². The first-order valence-electron chi connectivity index (χ1n) is 6.64. The molecule has 1 aromatic rings. The fraction of sp³-hybridized carbons (Fsp3) is 0.571. The third kappa shape index (κ3) is 6.01. The maximum atomic E-state index is 11.6. The average molecular weight is 269 g/mol. The molecule has 1 aromatic heterocycles. The molecule has 0 bridgehead atoms. The van der Waals surface area contributed by atoms with E-state index in [-0.39, 0.29) is 5.91 Å². The van der Waals surface area contributed by atoms with Gasteiger partial charge < -0.3 is 5.32 Å². The predicted octanol–water partition coefficient (Wildman–Crippen LogP) is 4.42. The molecular formula is C14H21ClN2O. The van der Waals surface area contributed by atoms with Gasteiger partial charge in [-0.3, -0.25) is 4.79 Å². The molecule has 3 nitrogen and oxygen atoms in total. The van der Waals surface area contributed by atoms with Crippen LogP contribution >= 0.6 is 11.6 Å². The van der Waals surface area contributed by atoms with E-state index >= 15 is 0 Å². The van der Waals surface area contributed by atoms with Gasteiger partial charge in [0.2, 0.25) is 5.91 Å². The van der Waals surface area contributed by atoms with Crippen molar-refractivity contribution in [1.82, 2.24) is 4.98 Å². The van der Waals surface area contributed by atoms with E-state index in [1.165, 1.54) is 25.7 Å². The fourth-order valence-corrected chi connectivity index (χ4v) is 1.91. The molecule has 18 heavy (non-hydrogen) atoms. The Morgan fingerprint density at radius 2 is 2.00 bits per heavy atom. The minimum absolute atomic E-state index is 0.00825. The number of rotatable bonds is 8. The van der Waals surface area contributed by atoms with Gasteiger partial charge in [0.05, 0.1) is 5.02 Å². The van der Waals surface area contributed by atoms with E-state index < -0.39 is 0 Å². The van der Waals surface area contributed by atoms with E-state index in [4.69, 9.17) is 11.6 Å². The molecule has 0 radical (unpaired) electrons. The van der Waals surface area contributed by atoms with Crippen LogP contribution in [-0.4, -0.2) is 10.9 Å². The summed E-state index contributed by atoms with van der Waals surface area (Å²) in [6, 6.07) is 3.46. The van der Waals surface area contributed by atoms with Gasteiger partial charge >= 0.3 is 0 Å². The third-order valence-electron chi connectivity index (χ3n) is 2.77. The topological polar surface area (TPSA) is 42.0 Å². The summed E-state index contributed by atoms with van der Waals surface area (Å²) in [6.45, 7) is 2.20. The minimum atomic E-state index is -0.00825. The van der Waals surface area contributed by atoms with Crippen molar-refractivity contribution in [2.24, 2.45) is 0 Å². The first kappa shape index (κ1) is 15.0. The zero-order valence-corrected chi connectivity index (χ0v) is 11.7. The van der Waals surface area contributed by atoms with Crippen molar-refractivity contribution in [2.45, 2.75) is 51.9 Å². The summed E-state index contributed by atoms with van der Waals surface area (Å²) in [4.78, 5) is 15.7. The normalized spacial score (nSPS) is 10.3. The zero-order valence-electron chi connectivity index (χ0n) is 10.9. The number of hydrogen-bond donors (Lipinski definition) is 1. The molecule has 0 aliphatic heterocycles. The lowest BCUT2D eigenvalue weighted by Crippen LogP contribution is -2.12. The number of nitrogens with zero attached hydrogens (tertiary/aromatic N) is 1. The molecule has 0 aromatic carbocycles. The monoisotopic (exact) mass is 268 g/mol. The van der Waals surface area contributed by atoms with Crippen LogP contribution < -0.4 is 5.32 Å². The molecule has 1 N–H and O–H groups in total. The number of carbonyl (C=O) groups excluding carboxylic acids is 1. The molecule has 0 saturated carbocycles. The summed E-state index contributed by atoms with van der Waals surface area (Å²) < 4.78 is 0. The number of aromatic nitrogens is 1. The highest BCUT2D eigenvalue weighted by Crippen LogP contribution is 2.17. The Morgan fingerprint density at radius 3 is 2.72 bits per heavy atom. The van der Waals surface area contributed by atoms with E-state index in [1.807, 2.05) is 0 Å². The van der Waals surface area contributed by atoms with Gasteiger partial charge in [-0.2, -0.15) is 0 Å². The van der Waals surface area contributed by atoms with Gasteiger partial charge in [0.15, 0.2) is 5.82 Å². The van der Waals surface area contributed by atoms with Crippen molar-refractivity contribution in [3.63, 3.8) is 0 Å². The van der Waals surface area contributed by atoms with Gasteiger partial charge in [-0.25, -0.2) is 4.98 Å². The Labute approximate surface area is 114 Å². The molecular weight excluding hydrogens is 248 g/mol. The highest BCUT2D eigenvalue weighted by molar-refractivity contribution is 6.33. The van der Waals surface area contributed by atoms with Crippen LogP contribution in [-0.2, 0) is 4.79 Å². The van der Waals surface area contributed by atoms with Crippen molar-refractivity contribution in [2.75, 3.05) is 5.32 Å². The van der Waals surface area contributed by atoms with Crippen molar-refractivity contribution >= 4 is 23.3 Å². The molecule has 0 aliphatic carbocycles. The van der Waals surface area contributed by atoms with Crippen LogP contribution in [0.25, 0.3) is 0 Å². The van der Waals surface area contributed by atoms with Crippen molar-refractivity contribution in [1.29, 1.82) is 0 Å². The Morgan fingerprint density at radius 1 is 1.28 bits per heavy atom. The molecule has 1 heterocycles. The van der Waals surface area contributed by atoms with Gasteiger partial charge in [0.1, 0.15) is 0 Å². The van der Waals surface area contributed by atoms with Crippen LogP contribution in [0, 0.1) is 0 Å². The molecule has 0 aliphatic rings. The quantitative estimate of drug-likeness (QED) is 0.709. The van der Waals surface area contributed by atoms with Crippen molar-refractivity contribution in [3.05, 3.63) is 23.4 Å². The second-order valence-electron chi connectivity index (χ2n) is 4.40. The van der Waals surface area contributed by atoms with E-state index in [2.05, 4.69) is 17.2 Å². The molecule has 0 saturated heterocycles. The SMILES string of the molecule is CCCCCCCCC(=O)Nc1ncccc1Cl. The summed E-state index contributed by atoms with van der Waals surface area (Å²) in [7, 11) is 0. The van der Waals surface area contributed by atoms with Gasteiger partial charge in [0.25, 0.3) is 0 Å². The number of pyridine rings is 1. The highest BCUT2D eigenvalue weighted by atomic mass is 35.5. The van der Waals surface area contributed by atoms with Crippen LogP contribution in [0.4, 0.5) is 5.82 Å². The standard InChI is InChI=1S/C14H21ClN2O/c1-2-3-4-5-6-7-10-13(18)17-14-12(15)9-8-11-16-14/h8-9,11H,2-7,10H2,1H3,(H,16,17,18). The largest absolute Gasteiger partial charge is 0.309 e. The molecule has 0 unspecified atom stereocenters. The van der Waals surface area contributed by atoms with Gasteiger partial charge in [-0.15, -0.1) is 0 Å². The van der Waals surface area contributed by atoms with Crippen LogP contribution in [0.3, 0.4) is 0 Å². The third-order valence-corrected chi connectivity index (χ3v) is 3.08. The second kappa shape index (κ2) is 8.92. The van der Waals surface area contributed by atoms with Crippen LogP contribution in [0.15, 0.2) is 18.3 Å². The first-order valence-corrected chi connectivity index (χ1v) is 7.02. The lowest BCUT2D eigenvalue weighted by atomic mass is 10.1. The summed E-state index contributed by atoms with van der Waals surface area (Å²) >= 11 is 5.91. The Hall–Kier alpha value is -1.09. The molecule has 100 valence electrons. The number of unbranched alkanes of at least 4 members (excludes halogenated alkanes) is 5. The number of amides is 1. The lowest BCUT2D eigenvalue weighted by molar-refractivity contribution is -0.116. The van der Waals surface area contributed by atoms with Crippen molar-refractivity contribution < 1.29 is 4.79 Å². The molecule has 1 rings (SSSR count). The van der Waals surface area contributed by atoms with Crippen LogP contribution in [0.5, 0.6) is 0 Å². The average Bonchev–Trinajstić information content (AvgIpc) is 2.36. The smallest absolute Gasteiger partial charge is 0.225 e. The molecule has 1 amide bonds. The number of hydrogen-bond acceptors (Lipinski definition) is 2. The predicted molar refractivity (Wildman–Crippen MR) is 75.9 cm³/mol. The summed E-state index contributed by atoms with van der Waals surface area (Å²) in [5.74, 6) is 0.446. The Balaban J connectivity index is 2.16. The molecule has 0 atom stereocenters. The number of nitrogens with one attached hydrogen (secondary N) is 1. The fourth-order valence-electron chi connectivity index (χ4n) is 1.74. The second-order valence-corrected chi connectivity index (χ2v) is 4.81. The maximum Gasteiger partial charge on any atom is 0.225 e. The maximum absolute atomic E-state index is 11.6. The van der Waals surface area contributed by atoms with E-state index in [0.717, 1.165) is 12.8 Å². The molecule has 4 heteroatoms. The lowest BCUT2D eigenvalue weighted by Gasteiger charge is -2.05. The summed E-state index contributed by atoms with van der Waals surface area (Å²) in [5.41, 5.74) is 0. The number of carbonyl (C=O) groups is 1. The van der Waals surface area contributed by atoms with Gasteiger partial charge in [-0.05, 0) is 18.6 Å². The number of halogens is 1. The first-order chi connectivity index (χ1) is 8.74. The van der Waals surface area contributed by atoms with E-state index in [9.17, 15) is 4.79 Å². The number of anilines is 1. The summed E-state index contributed by atoms with van der Waals surface area (Å²) in [6.07, 6.45) is 9.22. The molecule has 0 fully saturated rings. The summed E-state index contributed by atoms with van der Waals surface area (Å²) in [5, 5.41) is 3.21. The molecule has 0 spiro atoms. The zero-order chi connectivity index (χ0) is 13.2.